The van der Waals surface area contributed by atoms with Crippen LogP contribution in [0.2, 0.25) is 0 Å². The first-order valence-corrected chi connectivity index (χ1v) is 7.65. The van der Waals surface area contributed by atoms with E-state index < -0.39 is 16.1 Å². The largest absolute Gasteiger partial charge is 0.334 e. The number of urea groups is 1. The van der Waals surface area contributed by atoms with E-state index in [1.165, 1.54) is 42.5 Å². The molecule has 2 aromatic carbocycles. The van der Waals surface area contributed by atoms with Crippen LogP contribution in [0.15, 0.2) is 53.4 Å². The summed E-state index contributed by atoms with van der Waals surface area (Å²) in [4.78, 5) is 11.4. The molecule has 3 N–H and O–H groups in total. The second-order valence-corrected chi connectivity index (χ2v) is 5.86. The molecule has 0 radical (unpaired) electrons. The van der Waals surface area contributed by atoms with Crippen LogP contribution >= 0.6 is 0 Å². The van der Waals surface area contributed by atoms with E-state index in [0.29, 0.717) is 5.56 Å². The topological polar surface area (TPSA) is 95.5 Å². The monoisotopic (exact) mass is 324 g/mol. The summed E-state index contributed by atoms with van der Waals surface area (Å²) in [7, 11) is -4.33. The van der Waals surface area contributed by atoms with Crippen LogP contribution in [0.3, 0.4) is 0 Å². The number of halogens is 1. The van der Waals surface area contributed by atoms with Crippen LogP contribution in [0, 0.1) is 5.82 Å². The molecular formula is C14H13FN2O4S. The number of nitrogens with one attached hydrogen (secondary N) is 2. The van der Waals surface area contributed by atoms with Gasteiger partial charge >= 0.3 is 6.03 Å². The van der Waals surface area contributed by atoms with Gasteiger partial charge in [-0.05, 0) is 35.9 Å². The van der Waals surface area contributed by atoms with Gasteiger partial charge in [-0.25, -0.2) is 9.18 Å². The Labute approximate surface area is 126 Å². The molecule has 2 aromatic rings. The van der Waals surface area contributed by atoms with Crippen molar-refractivity contribution in [1.29, 1.82) is 0 Å². The molecule has 0 heterocycles. The lowest BCUT2D eigenvalue weighted by molar-refractivity contribution is 0.251. The van der Waals surface area contributed by atoms with Crippen molar-refractivity contribution in [3.05, 3.63) is 59.9 Å². The minimum atomic E-state index is -4.33. The van der Waals surface area contributed by atoms with Crippen molar-refractivity contribution in [1.82, 2.24) is 5.32 Å². The molecule has 2 amide bonds. The molecule has 0 aliphatic carbocycles. The molecule has 0 aliphatic rings. The summed E-state index contributed by atoms with van der Waals surface area (Å²) < 4.78 is 43.7. The Morgan fingerprint density at radius 3 is 2.45 bits per heavy atom. The molecule has 0 aliphatic heterocycles. The van der Waals surface area contributed by atoms with E-state index in [1.54, 1.807) is 0 Å². The van der Waals surface area contributed by atoms with E-state index in [1.807, 2.05) is 0 Å². The first-order chi connectivity index (χ1) is 10.3. The third-order valence-corrected chi connectivity index (χ3v) is 3.61. The fourth-order valence-corrected chi connectivity index (χ4v) is 2.22. The maximum Gasteiger partial charge on any atom is 0.319 e. The fraction of sp³-hybridized carbons (Fsp3) is 0.0714. The summed E-state index contributed by atoms with van der Waals surface area (Å²) in [6.07, 6.45) is 0. The predicted octanol–water partition coefficient (Wildman–Crippen LogP) is 2.39. The third-order valence-electron chi connectivity index (χ3n) is 2.76. The van der Waals surface area contributed by atoms with Gasteiger partial charge in [0.2, 0.25) is 0 Å². The quantitative estimate of drug-likeness (QED) is 0.753. The Bertz CT molecular complexity index is 776. The van der Waals surface area contributed by atoms with Crippen LogP contribution in [0.5, 0.6) is 0 Å². The zero-order chi connectivity index (χ0) is 16.2. The molecule has 8 heteroatoms. The fourth-order valence-electron chi connectivity index (χ4n) is 1.69. The van der Waals surface area contributed by atoms with Crippen molar-refractivity contribution >= 4 is 21.8 Å². The van der Waals surface area contributed by atoms with E-state index >= 15 is 0 Å². The first kappa shape index (κ1) is 15.9. The second-order valence-electron chi connectivity index (χ2n) is 4.44. The molecule has 0 fully saturated rings. The minimum Gasteiger partial charge on any atom is -0.334 e. The van der Waals surface area contributed by atoms with Gasteiger partial charge in [-0.3, -0.25) is 4.55 Å². The molecule has 0 bridgehead atoms. The Kier molecular flexibility index (Phi) is 4.74. The Balaban J connectivity index is 1.96. The minimum absolute atomic E-state index is 0.185. The molecule has 0 atom stereocenters. The number of rotatable bonds is 4. The highest BCUT2D eigenvalue weighted by Crippen LogP contribution is 2.15. The Hall–Kier alpha value is -2.45. The van der Waals surface area contributed by atoms with Gasteiger partial charge < -0.3 is 10.6 Å². The molecular weight excluding hydrogens is 311 g/mol. The standard InChI is InChI=1S/C14H13FN2O4S/c15-11-6-4-10(5-7-11)9-16-14(18)17-12-2-1-3-13(8-12)22(19,20)21/h1-8H,9H2,(H2,16,17,18)(H,19,20,21). The lowest BCUT2D eigenvalue weighted by Crippen LogP contribution is -2.28. The van der Waals surface area contributed by atoms with Crippen molar-refractivity contribution in [2.45, 2.75) is 11.4 Å². The number of hydrogen-bond acceptors (Lipinski definition) is 3. The molecule has 116 valence electrons. The van der Waals surface area contributed by atoms with E-state index in [-0.39, 0.29) is 22.9 Å². The van der Waals surface area contributed by atoms with Gasteiger partial charge in [0.25, 0.3) is 10.1 Å². The molecule has 0 unspecified atom stereocenters. The number of carbonyl (C=O) groups is 1. The van der Waals surface area contributed by atoms with Crippen molar-refractivity contribution in [3.8, 4) is 0 Å². The van der Waals surface area contributed by atoms with Crippen LogP contribution in [0.1, 0.15) is 5.56 Å². The molecule has 0 saturated carbocycles. The second kappa shape index (κ2) is 6.54. The molecule has 2 rings (SSSR count). The summed E-state index contributed by atoms with van der Waals surface area (Å²) in [5.74, 6) is -0.366. The van der Waals surface area contributed by atoms with E-state index in [9.17, 15) is 17.6 Å². The normalized spacial score (nSPS) is 11.0. The number of carbonyl (C=O) groups excluding carboxylic acids is 1. The van der Waals surface area contributed by atoms with Gasteiger partial charge in [0, 0.05) is 12.2 Å². The van der Waals surface area contributed by atoms with Gasteiger partial charge in [0.1, 0.15) is 5.82 Å². The van der Waals surface area contributed by atoms with Crippen LogP contribution in [-0.2, 0) is 16.7 Å². The zero-order valence-corrected chi connectivity index (χ0v) is 12.1. The number of amides is 2. The Morgan fingerprint density at radius 2 is 1.82 bits per heavy atom. The maximum absolute atomic E-state index is 12.7. The predicted molar refractivity (Wildman–Crippen MR) is 78.5 cm³/mol. The highest BCUT2D eigenvalue weighted by atomic mass is 32.2. The van der Waals surface area contributed by atoms with Gasteiger partial charge in [-0.2, -0.15) is 8.42 Å². The summed E-state index contributed by atoms with van der Waals surface area (Å²) in [5.41, 5.74) is 0.926. The van der Waals surface area contributed by atoms with Crippen LogP contribution in [-0.4, -0.2) is 19.0 Å². The van der Waals surface area contributed by atoms with E-state index in [2.05, 4.69) is 10.6 Å². The average molecular weight is 324 g/mol. The van der Waals surface area contributed by atoms with Gasteiger partial charge in [0.15, 0.2) is 0 Å². The molecule has 0 spiro atoms. The van der Waals surface area contributed by atoms with Crippen molar-refractivity contribution < 1.29 is 22.2 Å². The summed E-state index contributed by atoms with van der Waals surface area (Å²) in [6, 6.07) is 10.3. The molecule has 0 saturated heterocycles. The average Bonchev–Trinajstić information content (AvgIpc) is 2.46. The summed E-state index contributed by atoms with van der Waals surface area (Å²) >= 11 is 0. The Morgan fingerprint density at radius 1 is 1.14 bits per heavy atom. The van der Waals surface area contributed by atoms with Crippen LogP contribution in [0.4, 0.5) is 14.9 Å². The molecule has 22 heavy (non-hydrogen) atoms. The zero-order valence-electron chi connectivity index (χ0n) is 11.3. The number of benzene rings is 2. The third kappa shape index (κ3) is 4.54. The number of hydrogen-bond donors (Lipinski definition) is 3. The van der Waals surface area contributed by atoms with Gasteiger partial charge in [0.05, 0.1) is 4.90 Å². The van der Waals surface area contributed by atoms with Crippen molar-refractivity contribution in [3.63, 3.8) is 0 Å². The van der Waals surface area contributed by atoms with E-state index in [0.717, 1.165) is 6.07 Å². The summed E-state index contributed by atoms with van der Waals surface area (Å²) in [5, 5.41) is 4.98. The van der Waals surface area contributed by atoms with Crippen molar-refractivity contribution in [2.75, 3.05) is 5.32 Å². The van der Waals surface area contributed by atoms with Gasteiger partial charge in [-0.1, -0.05) is 18.2 Å². The van der Waals surface area contributed by atoms with Gasteiger partial charge in [-0.15, -0.1) is 0 Å². The highest BCUT2D eigenvalue weighted by molar-refractivity contribution is 7.85. The lowest BCUT2D eigenvalue weighted by Gasteiger charge is -2.08. The lowest BCUT2D eigenvalue weighted by atomic mass is 10.2. The van der Waals surface area contributed by atoms with Crippen molar-refractivity contribution in [2.24, 2.45) is 0 Å². The summed E-state index contributed by atoms with van der Waals surface area (Å²) in [6.45, 7) is 0.185. The SMILES string of the molecule is O=C(NCc1ccc(F)cc1)Nc1cccc(S(=O)(=O)O)c1. The maximum atomic E-state index is 12.7. The molecule has 0 aromatic heterocycles. The smallest absolute Gasteiger partial charge is 0.319 e. The van der Waals surface area contributed by atoms with Crippen LogP contribution in [0.25, 0.3) is 0 Å². The van der Waals surface area contributed by atoms with E-state index in [4.69, 9.17) is 4.55 Å². The first-order valence-electron chi connectivity index (χ1n) is 6.21. The van der Waals surface area contributed by atoms with Crippen LogP contribution < -0.4 is 10.6 Å². The highest BCUT2D eigenvalue weighted by Gasteiger charge is 2.10. The number of anilines is 1. The molecule has 6 nitrogen and oxygen atoms in total.